The van der Waals surface area contributed by atoms with Gasteiger partial charge in [-0.3, -0.25) is 14.9 Å². The van der Waals surface area contributed by atoms with Gasteiger partial charge in [-0.15, -0.1) is 0 Å². The van der Waals surface area contributed by atoms with Crippen molar-refractivity contribution in [1.82, 2.24) is 10.4 Å². The molecule has 0 spiro atoms. The molecule has 2 aromatic carbocycles. The lowest BCUT2D eigenvalue weighted by Crippen LogP contribution is -2.19. The number of aromatic nitrogens is 1. The highest BCUT2D eigenvalue weighted by Crippen LogP contribution is 2.17. The highest BCUT2D eigenvalue weighted by Gasteiger charge is 2.11. The third-order valence-electron chi connectivity index (χ3n) is 3.65. The maximum atomic E-state index is 12.3. The lowest BCUT2D eigenvalue weighted by Gasteiger charge is -2.02. The van der Waals surface area contributed by atoms with Gasteiger partial charge in [-0.25, -0.2) is 5.43 Å². The number of nitrogens with one attached hydrogen (secondary N) is 2. The molecule has 3 aromatic rings. The average Bonchev–Trinajstić information content (AvgIpc) is 3.03. The zero-order valence-electron chi connectivity index (χ0n) is 12.8. The molecule has 0 bridgehead atoms. The smallest absolute Gasteiger partial charge is 0.273 e. The maximum Gasteiger partial charge on any atom is 0.273 e. The third-order valence-corrected chi connectivity index (χ3v) is 3.65. The molecule has 0 aliphatic rings. The van der Waals surface area contributed by atoms with Crippen molar-refractivity contribution in [1.29, 1.82) is 0 Å². The summed E-state index contributed by atoms with van der Waals surface area (Å²) >= 11 is 0. The van der Waals surface area contributed by atoms with Crippen LogP contribution >= 0.6 is 0 Å². The number of nitrogens with zero attached hydrogens (tertiary/aromatic N) is 2. The van der Waals surface area contributed by atoms with E-state index in [0.717, 1.165) is 10.9 Å². The topological polar surface area (TPSA) is 100 Å². The molecule has 2 N–H and O–H groups in total. The number of carbonyl (C=O) groups is 1. The number of para-hydroxylation sites is 1. The Morgan fingerprint density at radius 1 is 1.17 bits per heavy atom. The van der Waals surface area contributed by atoms with Crippen LogP contribution in [0.5, 0.6) is 0 Å². The zero-order valence-corrected chi connectivity index (χ0v) is 12.8. The molecule has 0 fully saturated rings. The Bertz CT molecular complexity index is 942. The van der Waals surface area contributed by atoms with Crippen LogP contribution < -0.4 is 5.43 Å². The number of H-pyrrole nitrogens is 1. The highest BCUT2D eigenvalue weighted by atomic mass is 16.6. The minimum Gasteiger partial charge on any atom is -0.360 e. The predicted molar refractivity (Wildman–Crippen MR) is 91.1 cm³/mol. The van der Waals surface area contributed by atoms with E-state index < -0.39 is 4.92 Å². The predicted octanol–water partition coefficient (Wildman–Crippen LogP) is 3.23. The summed E-state index contributed by atoms with van der Waals surface area (Å²) in [7, 11) is 0. The number of nitro groups is 1. The molecule has 3 rings (SSSR count). The van der Waals surface area contributed by atoms with E-state index in [1.54, 1.807) is 25.3 Å². The largest absolute Gasteiger partial charge is 0.360 e. The first-order chi connectivity index (χ1) is 11.6. The Balaban J connectivity index is 1.77. The van der Waals surface area contributed by atoms with Crippen LogP contribution in [-0.4, -0.2) is 21.5 Å². The van der Waals surface area contributed by atoms with Gasteiger partial charge in [-0.2, -0.15) is 5.10 Å². The molecule has 0 radical (unpaired) electrons. The summed E-state index contributed by atoms with van der Waals surface area (Å²) in [4.78, 5) is 25.5. The van der Waals surface area contributed by atoms with Gasteiger partial charge in [0.05, 0.1) is 16.2 Å². The first-order valence-corrected chi connectivity index (χ1v) is 7.22. The van der Waals surface area contributed by atoms with Crippen molar-refractivity contribution in [2.24, 2.45) is 5.10 Å². The first-order valence-electron chi connectivity index (χ1n) is 7.22. The normalized spacial score (nSPS) is 11.5. The molecule has 1 heterocycles. The number of carbonyl (C=O) groups excluding carboxylic acids is 1. The van der Waals surface area contributed by atoms with Crippen LogP contribution in [0.25, 0.3) is 10.9 Å². The molecule has 0 aliphatic heterocycles. The number of aromatic amines is 1. The van der Waals surface area contributed by atoms with Crippen molar-refractivity contribution in [3.05, 3.63) is 76.0 Å². The minimum absolute atomic E-state index is 0.00868. The Kier molecular flexibility index (Phi) is 4.07. The van der Waals surface area contributed by atoms with Gasteiger partial charge < -0.3 is 4.98 Å². The van der Waals surface area contributed by atoms with Crippen LogP contribution in [0.4, 0.5) is 5.69 Å². The van der Waals surface area contributed by atoms with E-state index >= 15 is 0 Å². The van der Waals surface area contributed by atoms with Crippen LogP contribution in [0.2, 0.25) is 0 Å². The number of hydrogen-bond acceptors (Lipinski definition) is 4. The second-order valence-electron chi connectivity index (χ2n) is 5.19. The number of non-ortho nitro benzene ring substituents is 1. The van der Waals surface area contributed by atoms with Crippen molar-refractivity contribution >= 4 is 28.2 Å². The van der Waals surface area contributed by atoms with Crippen molar-refractivity contribution in [3.63, 3.8) is 0 Å². The summed E-state index contributed by atoms with van der Waals surface area (Å²) in [6.07, 6.45) is 1.64. The van der Waals surface area contributed by atoms with Gasteiger partial charge >= 0.3 is 0 Å². The molecule has 0 saturated heterocycles. The number of hydrazone groups is 1. The lowest BCUT2D eigenvalue weighted by atomic mass is 10.1. The van der Waals surface area contributed by atoms with Gasteiger partial charge in [0.1, 0.15) is 0 Å². The van der Waals surface area contributed by atoms with Crippen molar-refractivity contribution in [3.8, 4) is 0 Å². The molecule has 7 nitrogen and oxygen atoms in total. The summed E-state index contributed by atoms with van der Waals surface area (Å²) in [6, 6.07) is 13.5. The van der Waals surface area contributed by atoms with Crippen LogP contribution in [-0.2, 0) is 0 Å². The fraction of sp³-hybridized carbons (Fsp3) is 0.0588. The highest BCUT2D eigenvalue weighted by molar-refractivity contribution is 6.07. The molecule has 120 valence electrons. The summed E-state index contributed by atoms with van der Waals surface area (Å²) < 4.78 is 0. The van der Waals surface area contributed by atoms with E-state index in [1.807, 2.05) is 24.3 Å². The molecular formula is C17H14N4O3. The molecule has 24 heavy (non-hydrogen) atoms. The molecule has 1 amide bonds. The summed E-state index contributed by atoms with van der Waals surface area (Å²) in [6.45, 7) is 1.72. The number of nitro benzene ring substituents is 1. The van der Waals surface area contributed by atoms with Gasteiger partial charge in [-0.1, -0.05) is 18.2 Å². The average molecular weight is 322 g/mol. The molecular weight excluding hydrogens is 308 g/mol. The molecule has 7 heteroatoms. The quantitative estimate of drug-likeness (QED) is 0.438. The number of amides is 1. The Morgan fingerprint density at radius 3 is 2.58 bits per heavy atom. The first kappa shape index (κ1) is 15.4. The number of hydrogen-bond donors (Lipinski definition) is 2. The summed E-state index contributed by atoms with van der Waals surface area (Å²) in [5.41, 5.74) is 5.14. The Hall–Kier alpha value is -3.48. The lowest BCUT2D eigenvalue weighted by molar-refractivity contribution is -0.384. The van der Waals surface area contributed by atoms with Crippen LogP contribution in [0.15, 0.2) is 59.8 Å². The molecule has 1 aromatic heterocycles. The van der Waals surface area contributed by atoms with Crippen molar-refractivity contribution < 1.29 is 9.72 Å². The summed E-state index contributed by atoms with van der Waals surface area (Å²) in [5, 5.41) is 15.5. The monoisotopic (exact) mass is 322 g/mol. The van der Waals surface area contributed by atoms with Crippen molar-refractivity contribution in [2.75, 3.05) is 0 Å². The Morgan fingerprint density at radius 2 is 1.88 bits per heavy atom. The van der Waals surface area contributed by atoms with E-state index in [2.05, 4.69) is 15.5 Å². The fourth-order valence-corrected chi connectivity index (χ4v) is 2.34. The van der Waals surface area contributed by atoms with Gasteiger partial charge in [0, 0.05) is 29.2 Å². The van der Waals surface area contributed by atoms with E-state index in [9.17, 15) is 14.9 Å². The third kappa shape index (κ3) is 3.00. The van der Waals surface area contributed by atoms with Crippen LogP contribution in [0.3, 0.4) is 0 Å². The van der Waals surface area contributed by atoms with Gasteiger partial charge in [0.25, 0.3) is 11.6 Å². The standard InChI is InChI=1S/C17H14N4O3/c1-11(12-6-8-13(9-7-12)21(23)24)19-20-17(22)15-10-18-16-5-3-2-4-14(15)16/h2-10,18H,1H3,(H,20,22). The van der Waals surface area contributed by atoms with E-state index in [0.29, 0.717) is 16.8 Å². The minimum atomic E-state index is -0.463. The summed E-state index contributed by atoms with van der Waals surface area (Å²) in [5.74, 6) is -0.325. The molecule has 0 saturated carbocycles. The Labute approximate surface area is 137 Å². The van der Waals surface area contributed by atoms with Crippen LogP contribution in [0, 0.1) is 10.1 Å². The van der Waals surface area contributed by atoms with Gasteiger partial charge in [-0.05, 0) is 30.7 Å². The number of fused-ring (bicyclic) bond motifs is 1. The van der Waals surface area contributed by atoms with Gasteiger partial charge in [0.2, 0.25) is 0 Å². The van der Waals surface area contributed by atoms with Crippen molar-refractivity contribution in [2.45, 2.75) is 6.92 Å². The number of benzene rings is 2. The van der Waals surface area contributed by atoms with E-state index in [4.69, 9.17) is 0 Å². The second kappa shape index (κ2) is 6.33. The zero-order chi connectivity index (χ0) is 17.1. The maximum absolute atomic E-state index is 12.3. The SMILES string of the molecule is CC(=NNC(=O)c1c[nH]c2ccccc12)c1ccc([N+](=O)[O-])cc1. The second-order valence-corrected chi connectivity index (χ2v) is 5.19. The molecule has 0 aliphatic carbocycles. The van der Waals surface area contributed by atoms with E-state index in [-0.39, 0.29) is 11.6 Å². The number of rotatable bonds is 4. The molecule has 0 atom stereocenters. The van der Waals surface area contributed by atoms with E-state index in [1.165, 1.54) is 12.1 Å². The fourth-order valence-electron chi connectivity index (χ4n) is 2.34. The van der Waals surface area contributed by atoms with Gasteiger partial charge in [0.15, 0.2) is 0 Å². The van der Waals surface area contributed by atoms with Crippen LogP contribution in [0.1, 0.15) is 22.8 Å². The molecule has 0 unspecified atom stereocenters.